The van der Waals surface area contributed by atoms with E-state index in [9.17, 15) is 9.59 Å². The van der Waals surface area contributed by atoms with Crippen LogP contribution in [-0.2, 0) is 16.1 Å². The lowest BCUT2D eigenvalue weighted by atomic mass is 10.2. The molecule has 0 fully saturated rings. The van der Waals surface area contributed by atoms with Crippen LogP contribution >= 0.6 is 11.8 Å². The van der Waals surface area contributed by atoms with E-state index in [0.29, 0.717) is 16.2 Å². The van der Waals surface area contributed by atoms with Gasteiger partial charge in [-0.3, -0.25) is 4.79 Å². The number of carbonyl (C=O) groups excluding carboxylic acids is 2. The molecular weight excluding hydrogens is 370 g/mol. The normalized spacial score (nSPS) is 10.6. The molecule has 8 nitrogen and oxygen atoms in total. The minimum absolute atomic E-state index is 0.0421. The Bertz CT molecular complexity index is 921. The van der Waals surface area contributed by atoms with Crippen molar-refractivity contribution in [1.29, 1.82) is 0 Å². The van der Waals surface area contributed by atoms with Crippen LogP contribution in [0.25, 0.3) is 11.7 Å². The van der Waals surface area contributed by atoms with Crippen molar-refractivity contribution in [2.75, 3.05) is 19.8 Å². The molecule has 1 aromatic carbocycles. The average molecular weight is 387 g/mol. The second-order valence-corrected chi connectivity index (χ2v) is 6.64. The maximum absolute atomic E-state index is 12.4. The summed E-state index contributed by atoms with van der Waals surface area (Å²) < 4.78 is 15.8. The zero-order chi connectivity index (χ0) is 19.2. The van der Waals surface area contributed by atoms with Crippen LogP contribution in [0, 0.1) is 0 Å². The minimum atomic E-state index is -0.534. The smallest absolute Gasteiger partial charge is 0.339 e. The fourth-order valence-corrected chi connectivity index (χ4v) is 3.07. The predicted molar refractivity (Wildman–Crippen MR) is 97.0 cm³/mol. The third-order valence-corrected chi connectivity index (χ3v) is 4.54. The van der Waals surface area contributed by atoms with E-state index in [1.54, 1.807) is 50.5 Å². The molecule has 27 heavy (non-hydrogen) atoms. The van der Waals surface area contributed by atoms with Crippen LogP contribution in [0.1, 0.15) is 16.2 Å². The fourth-order valence-electron chi connectivity index (χ4n) is 2.05. The number of thioether (sulfide) groups is 1. The third kappa shape index (κ3) is 4.76. The molecular formula is C18H17N3O5S. The number of rotatable bonds is 7. The van der Waals surface area contributed by atoms with E-state index in [2.05, 4.69) is 10.2 Å². The summed E-state index contributed by atoms with van der Waals surface area (Å²) in [6.07, 6.45) is 1.49. The van der Waals surface area contributed by atoms with Crippen molar-refractivity contribution in [3.05, 3.63) is 54.1 Å². The molecule has 0 unspecified atom stereocenters. The number of carbonyl (C=O) groups is 2. The zero-order valence-electron chi connectivity index (χ0n) is 14.7. The van der Waals surface area contributed by atoms with E-state index in [0.717, 1.165) is 0 Å². The lowest BCUT2D eigenvalue weighted by Gasteiger charge is -2.11. The van der Waals surface area contributed by atoms with E-state index in [1.807, 2.05) is 0 Å². The fraction of sp³-hybridized carbons (Fsp3) is 0.222. The van der Waals surface area contributed by atoms with Gasteiger partial charge in [0.25, 0.3) is 11.8 Å². The Balaban J connectivity index is 1.62. The number of aromatic nitrogens is 2. The van der Waals surface area contributed by atoms with E-state index in [-0.39, 0.29) is 30.0 Å². The number of esters is 1. The van der Waals surface area contributed by atoms with Gasteiger partial charge in [0.1, 0.15) is 0 Å². The van der Waals surface area contributed by atoms with Crippen molar-refractivity contribution in [3.63, 3.8) is 0 Å². The van der Waals surface area contributed by atoms with Crippen LogP contribution in [0.5, 0.6) is 0 Å². The summed E-state index contributed by atoms with van der Waals surface area (Å²) in [5, 5.41) is 7.67. The molecule has 2 aromatic heterocycles. The topological polar surface area (TPSA) is 98.7 Å². The molecule has 0 spiro atoms. The minimum Gasteiger partial charge on any atom is -0.459 e. The van der Waals surface area contributed by atoms with Crippen LogP contribution in [0.2, 0.25) is 0 Å². The van der Waals surface area contributed by atoms with E-state index < -0.39 is 5.97 Å². The summed E-state index contributed by atoms with van der Waals surface area (Å²) in [4.78, 5) is 26.3. The second-order valence-electron chi connectivity index (χ2n) is 5.63. The van der Waals surface area contributed by atoms with Gasteiger partial charge >= 0.3 is 5.97 Å². The Kier molecular flexibility index (Phi) is 5.92. The van der Waals surface area contributed by atoms with Gasteiger partial charge in [-0.25, -0.2) is 4.79 Å². The average Bonchev–Trinajstić information content (AvgIpc) is 3.35. The Morgan fingerprint density at radius 2 is 1.96 bits per heavy atom. The molecule has 0 aliphatic rings. The van der Waals surface area contributed by atoms with Crippen LogP contribution < -0.4 is 0 Å². The molecule has 3 rings (SSSR count). The first-order valence-corrected chi connectivity index (χ1v) is 8.98. The lowest BCUT2D eigenvalue weighted by Crippen LogP contribution is -2.23. The predicted octanol–water partition coefficient (Wildman–Crippen LogP) is 2.87. The number of furan rings is 1. The molecule has 1 amide bonds. The van der Waals surface area contributed by atoms with Gasteiger partial charge < -0.3 is 18.5 Å². The number of ether oxygens (including phenoxy) is 1. The summed E-state index contributed by atoms with van der Waals surface area (Å²) in [5.74, 6) is 0.458. The number of nitrogens with zero attached hydrogens (tertiary/aromatic N) is 3. The van der Waals surface area contributed by atoms with Crippen LogP contribution in [0.3, 0.4) is 0 Å². The molecule has 140 valence electrons. The first-order valence-electron chi connectivity index (χ1n) is 8.00. The van der Waals surface area contributed by atoms with E-state index >= 15 is 0 Å². The Morgan fingerprint density at radius 1 is 1.15 bits per heavy atom. The van der Waals surface area contributed by atoms with E-state index in [1.165, 1.54) is 22.9 Å². The molecule has 9 heteroatoms. The van der Waals surface area contributed by atoms with Gasteiger partial charge in [-0.2, -0.15) is 0 Å². The Hall–Kier alpha value is -3.07. The van der Waals surface area contributed by atoms with E-state index in [4.69, 9.17) is 13.6 Å². The Morgan fingerprint density at radius 3 is 2.70 bits per heavy atom. The van der Waals surface area contributed by atoms with Crippen LogP contribution in [0.4, 0.5) is 0 Å². The van der Waals surface area contributed by atoms with Crippen molar-refractivity contribution in [2.24, 2.45) is 0 Å². The van der Waals surface area contributed by atoms with Gasteiger partial charge in [-0.15, -0.1) is 22.0 Å². The molecule has 0 N–H and O–H groups in total. The molecule has 0 saturated carbocycles. The SMILES string of the molecule is CN(C)C(=O)CSc1ccccc1C(=O)OCc1nnc(-c2ccco2)o1. The highest BCUT2D eigenvalue weighted by Crippen LogP contribution is 2.24. The standard InChI is InChI=1S/C18H17N3O5S/c1-21(2)16(22)11-27-14-8-4-3-6-12(14)18(23)25-10-15-19-20-17(26-15)13-7-5-9-24-13/h3-9H,10-11H2,1-2H3. The van der Waals surface area contributed by atoms with Gasteiger partial charge in [0.15, 0.2) is 12.4 Å². The molecule has 0 radical (unpaired) electrons. The van der Waals surface area contributed by atoms with Gasteiger partial charge in [0.2, 0.25) is 5.91 Å². The first kappa shape index (κ1) is 18.7. The summed E-state index contributed by atoms with van der Waals surface area (Å²) >= 11 is 1.28. The third-order valence-electron chi connectivity index (χ3n) is 3.48. The highest BCUT2D eigenvalue weighted by Gasteiger charge is 2.17. The molecule has 0 saturated heterocycles. The quantitative estimate of drug-likeness (QED) is 0.451. The van der Waals surface area contributed by atoms with Crippen molar-refractivity contribution in [3.8, 4) is 11.7 Å². The van der Waals surface area contributed by atoms with Gasteiger partial charge in [-0.05, 0) is 24.3 Å². The van der Waals surface area contributed by atoms with Crippen molar-refractivity contribution in [2.45, 2.75) is 11.5 Å². The molecule has 3 aromatic rings. The molecule has 0 atom stereocenters. The molecule has 0 aliphatic heterocycles. The maximum atomic E-state index is 12.4. The van der Waals surface area contributed by atoms with Gasteiger partial charge in [0.05, 0.1) is 17.6 Å². The zero-order valence-corrected chi connectivity index (χ0v) is 15.6. The monoisotopic (exact) mass is 387 g/mol. The number of hydrogen-bond donors (Lipinski definition) is 0. The maximum Gasteiger partial charge on any atom is 0.339 e. The van der Waals surface area contributed by atoms with Crippen molar-refractivity contribution < 1.29 is 23.2 Å². The molecule has 0 bridgehead atoms. The van der Waals surface area contributed by atoms with Crippen molar-refractivity contribution in [1.82, 2.24) is 15.1 Å². The highest BCUT2D eigenvalue weighted by atomic mass is 32.2. The van der Waals surface area contributed by atoms with Crippen LogP contribution in [0.15, 0.2) is 56.4 Å². The summed E-state index contributed by atoms with van der Waals surface area (Å²) in [6, 6.07) is 10.3. The number of hydrogen-bond acceptors (Lipinski definition) is 8. The molecule has 2 heterocycles. The number of amides is 1. The summed E-state index contributed by atoms with van der Waals surface area (Å²) in [5.41, 5.74) is 0.375. The van der Waals surface area contributed by atoms with Gasteiger partial charge in [-0.1, -0.05) is 12.1 Å². The molecule has 0 aliphatic carbocycles. The number of benzene rings is 1. The largest absolute Gasteiger partial charge is 0.459 e. The Labute approximate surface area is 159 Å². The van der Waals surface area contributed by atoms with Crippen LogP contribution in [-0.4, -0.2) is 46.8 Å². The second kappa shape index (κ2) is 8.54. The lowest BCUT2D eigenvalue weighted by molar-refractivity contribution is -0.125. The first-order chi connectivity index (χ1) is 13.0. The summed E-state index contributed by atoms with van der Waals surface area (Å²) in [6.45, 7) is -0.165. The van der Waals surface area contributed by atoms with Gasteiger partial charge in [0, 0.05) is 19.0 Å². The highest BCUT2D eigenvalue weighted by molar-refractivity contribution is 8.00. The summed E-state index contributed by atoms with van der Waals surface area (Å²) in [7, 11) is 3.37. The van der Waals surface area contributed by atoms with Crippen molar-refractivity contribution >= 4 is 23.6 Å².